The second-order valence-electron chi connectivity index (χ2n) is 3.28. The maximum Gasteiger partial charge on any atom is 0.214 e. The largest absolute Gasteiger partial charge is 0.326 e. The maximum atomic E-state index is 13.6. The van der Waals surface area contributed by atoms with Crippen molar-refractivity contribution in [2.45, 2.75) is 16.6 Å². The molecule has 2 rings (SSSR count). The smallest absolute Gasteiger partial charge is 0.214 e. The zero-order valence-electron chi connectivity index (χ0n) is 8.89. The van der Waals surface area contributed by atoms with Gasteiger partial charge in [0.25, 0.3) is 0 Å². The molecule has 0 saturated carbocycles. The number of hydrogen-bond acceptors (Lipinski definition) is 5. The highest BCUT2D eigenvalue weighted by Gasteiger charge is 2.15. The first kappa shape index (κ1) is 11.9. The van der Waals surface area contributed by atoms with Crippen LogP contribution in [0.3, 0.4) is 0 Å². The Kier molecular flexibility index (Phi) is 3.34. The number of aromatic nitrogens is 4. The van der Waals surface area contributed by atoms with Gasteiger partial charge in [0, 0.05) is 13.6 Å². The summed E-state index contributed by atoms with van der Waals surface area (Å²) < 4.78 is 28.6. The second kappa shape index (κ2) is 4.76. The molecule has 0 aliphatic carbocycles. The van der Waals surface area contributed by atoms with Crippen LogP contribution in [-0.4, -0.2) is 20.2 Å². The van der Waals surface area contributed by atoms with E-state index in [9.17, 15) is 8.78 Å². The van der Waals surface area contributed by atoms with Crippen LogP contribution >= 0.6 is 11.8 Å². The zero-order chi connectivity index (χ0) is 12.4. The number of hydrogen-bond donors (Lipinski definition) is 1. The van der Waals surface area contributed by atoms with E-state index in [1.54, 1.807) is 7.05 Å². The number of nitrogens with zero attached hydrogens (tertiary/aromatic N) is 4. The molecule has 8 heteroatoms. The first-order valence-corrected chi connectivity index (χ1v) is 5.51. The number of nitrogens with two attached hydrogens (primary N) is 1. The van der Waals surface area contributed by atoms with E-state index in [0.29, 0.717) is 10.7 Å². The summed E-state index contributed by atoms with van der Waals surface area (Å²) in [7, 11) is 1.59. The summed E-state index contributed by atoms with van der Waals surface area (Å²) in [4.78, 5) is -0.139. The van der Waals surface area contributed by atoms with Gasteiger partial charge in [0.1, 0.15) is 11.6 Å². The number of halogens is 2. The van der Waals surface area contributed by atoms with E-state index in [2.05, 4.69) is 15.5 Å². The molecule has 5 nitrogen and oxygen atoms in total. The number of benzene rings is 1. The fraction of sp³-hybridized carbons (Fsp3) is 0.222. The normalized spacial score (nSPS) is 10.8. The average molecular weight is 257 g/mol. The topological polar surface area (TPSA) is 69.6 Å². The summed E-state index contributed by atoms with van der Waals surface area (Å²) in [5, 5.41) is 10.9. The monoisotopic (exact) mass is 257 g/mol. The van der Waals surface area contributed by atoms with Gasteiger partial charge in [-0.3, -0.25) is 0 Å². The highest BCUT2D eigenvalue weighted by atomic mass is 32.2. The molecule has 0 aliphatic rings. The lowest BCUT2D eigenvalue weighted by Crippen LogP contribution is -2.00. The summed E-state index contributed by atoms with van der Waals surface area (Å²) in [6.45, 7) is 0.0876. The Labute approximate surface area is 100.0 Å². The third-order valence-corrected chi connectivity index (χ3v) is 3.19. The van der Waals surface area contributed by atoms with Crippen LogP contribution in [0.4, 0.5) is 8.78 Å². The highest BCUT2D eigenvalue weighted by molar-refractivity contribution is 7.99. The van der Waals surface area contributed by atoms with Crippen LogP contribution in [-0.2, 0) is 13.6 Å². The zero-order valence-corrected chi connectivity index (χ0v) is 9.71. The van der Waals surface area contributed by atoms with Crippen LogP contribution in [0.1, 0.15) is 5.56 Å². The van der Waals surface area contributed by atoms with E-state index < -0.39 is 11.6 Å². The molecule has 90 valence electrons. The summed E-state index contributed by atoms with van der Waals surface area (Å²) in [6.07, 6.45) is 0. The molecule has 17 heavy (non-hydrogen) atoms. The Morgan fingerprint density at radius 1 is 1.35 bits per heavy atom. The molecule has 0 unspecified atom stereocenters. The quantitative estimate of drug-likeness (QED) is 0.891. The van der Waals surface area contributed by atoms with E-state index in [0.717, 1.165) is 11.8 Å². The molecule has 1 aromatic heterocycles. The third-order valence-electron chi connectivity index (χ3n) is 2.07. The minimum absolute atomic E-state index is 0.0876. The van der Waals surface area contributed by atoms with Crippen molar-refractivity contribution in [3.63, 3.8) is 0 Å². The van der Waals surface area contributed by atoms with Gasteiger partial charge in [-0.05, 0) is 39.9 Å². The van der Waals surface area contributed by atoms with E-state index in [-0.39, 0.29) is 11.4 Å². The Bertz CT molecular complexity index is 519. The molecule has 1 aromatic carbocycles. The third kappa shape index (κ3) is 2.42. The van der Waals surface area contributed by atoms with Crippen molar-refractivity contribution in [3.8, 4) is 0 Å². The molecular weight excluding hydrogens is 248 g/mol. The van der Waals surface area contributed by atoms with Crippen LogP contribution in [0.25, 0.3) is 0 Å². The van der Waals surface area contributed by atoms with Crippen molar-refractivity contribution in [3.05, 3.63) is 29.3 Å². The minimum atomic E-state index is -0.668. The van der Waals surface area contributed by atoms with Crippen LogP contribution < -0.4 is 5.73 Å². The lowest BCUT2D eigenvalue weighted by atomic mass is 10.2. The van der Waals surface area contributed by atoms with E-state index >= 15 is 0 Å². The van der Waals surface area contributed by atoms with E-state index in [1.165, 1.54) is 16.8 Å². The predicted molar refractivity (Wildman–Crippen MR) is 57.2 cm³/mol. The summed E-state index contributed by atoms with van der Waals surface area (Å²) in [5.74, 6) is -1.34. The maximum absolute atomic E-state index is 13.6. The van der Waals surface area contributed by atoms with Crippen LogP contribution in [0.5, 0.6) is 0 Å². The lowest BCUT2D eigenvalue weighted by molar-refractivity contribution is 0.536. The molecule has 2 aromatic rings. The van der Waals surface area contributed by atoms with Gasteiger partial charge in [-0.15, -0.1) is 5.10 Å². The fourth-order valence-corrected chi connectivity index (χ4v) is 1.97. The second-order valence-corrected chi connectivity index (χ2v) is 4.26. The molecule has 0 fully saturated rings. The first-order valence-electron chi connectivity index (χ1n) is 4.70. The van der Waals surface area contributed by atoms with Crippen molar-refractivity contribution in [2.75, 3.05) is 0 Å². The highest BCUT2D eigenvalue weighted by Crippen LogP contribution is 2.30. The van der Waals surface area contributed by atoms with Gasteiger partial charge in [-0.25, -0.2) is 13.5 Å². The van der Waals surface area contributed by atoms with Crippen molar-refractivity contribution in [2.24, 2.45) is 12.8 Å². The summed E-state index contributed by atoms with van der Waals surface area (Å²) in [5.41, 5.74) is 5.72. The van der Waals surface area contributed by atoms with Crippen molar-refractivity contribution < 1.29 is 8.78 Å². The average Bonchev–Trinajstić information content (AvgIpc) is 2.69. The van der Waals surface area contributed by atoms with Crippen molar-refractivity contribution in [1.29, 1.82) is 0 Å². The van der Waals surface area contributed by atoms with Crippen molar-refractivity contribution >= 4 is 11.8 Å². The molecule has 1 heterocycles. The van der Waals surface area contributed by atoms with E-state index in [4.69, 9.17) is 5.73 Å². The molecule has 0 saturated heterocycles. The molecule has 0 amide bonds. The number of rotatable bonds is 3. The Hall–Kier alpha value is -1.54. The molecule has 0 radical (unpaired) electrons. The predicted octanol–water partition coefficient (Wildman–Crippen LogP) is 1.10. The van der Waals surface area contributed by atoms with Gasteiger partial charge in [0.15, 0.2) is 0 Å². The molecular formula is C9H9F2N5S. The SMILES string of the molecule is Cn1nnnc1Sc1c(F)cc(CN)cc1F. The van der Waals surface area contributed by atoms with Gasteiger partial charge < -0.3 is 5.73 Å². The summed E-state index contributed by atoms with van der Waals surface area (Å²) in [6, 6.07) is 2.41. The van der Waals surface area contributed by atoms with Gasteiger partial charge in [-0.1, -0.05) is 0 Å². The number of aryl methyl sites for hydroxylation is 1. The van der Waals surface area contributed by atoms with Crippen molar-refractivity contribution in [1.82, 2.24) is 20.2 Å². The van der Waals surface area contributed by atoms with E-state index in [1.807, 2.05) is 0 Å². The fourth-order valence-electron chi connectivity index (χ4n) is 1.23. The lowest BCUT2D eigenvalue weighted by Gasteiger charge is -2.05. The van der Waals surface area contributed by atoms with Gasteiger partial charge in [-0.2, -0.15) is 0 Å². The van der Waals surface area contributed by atoms with Gasteiger partial charge in [0.2, 0.25) is 5.16 Å². The minimum Gasteiger partial charge on any atom is -0.326 e. The Morgan fingerprint density at radius 3 is 2.47 bits per heavy atom. The molecule has 0 aliphatic heterocycles. The van der Waals surface area contributed by atoms with Crippen LogP contribution in [0.15, 0.2) is 22.2 Å². The number of tetrazole rings is 1. The molecule has 2 N–H and O–H groups in total. The van der Waals surface area contributed by atoms with Gasteiger partial charge in [0.05, 0.1) is 4.90 Å². The first-order chi connectivity index (χ1) is 8.11. The van der Waals surface area contributed by atoms with Crippen LogP contribution in [0, 0.1) is 11.6 Å². The standard InChI is InChI=1S/C9H9F2N5S/c1-16-9(13-14-15-16)17-8-6(10)2-5(4-12)3-7(8)11/h2-3H,4,12H2,1H3. The molecule has 0 spiro atoms. The summed E-state index contributed by atoms with van der Waals surface area (Å²) >= 11 is 0.829. The van der Waals surface area contributed by atoms with Gasteiger partial charge >= 0.3 is 0 Å². The van der Waals surface area contributed by atoms with Crippen LogP contribution in [0.2, 0.25) is 0 Å². The Balaban J connectivity index is 2.36. The Morgan fingerprint density at radius 2 is 2.00 bits per heavy atom. The molecule has 0 bridgehead atoms. The molecule has 0 atom stereocenters.